The summed E-state index contributed by atoms with van der Waals surface area (Å²) in [4.78, 5) is 17.2. The Kier molecular flexibility index (Phi) is 2.41. The molecule has 4 nitrogen and oxygen atoms in total. The van der Waals surface area contributed by atoms with E-state index in [1.165, 1.54) is 6.92 Å². The highest BCUT2D eigenvalue weighted by Gasteiger charge is 2.33. The minimum absolute atomic E-state index is 0.145. The molecule has 1 rings (SSSR count). The first-order valence-corrected chi connectivity index (χ1v) is 3.53. The zero-order chi connectivity index (χ0) is 10.9. The lowest BCUT2D eigenvalue weighted by Gasteiger charge is -2.06. The third kappa shape index (κ3) is 2.18. The number of aryl methyl sites for hydroxylation is 1. The molecule has 0 radical (unpaired) electrons. The molecule has 0 aliphatic heterocycles. The van der Waals surface area contributed by atoms with Crippen LogP contribution in [-0.2, 0) is 6.18 Å². The SMILES string of the molecule is Cc1nc(C(N)=O)cc(C(F)(F)F)n1. The van der Waals surface area contributed by atoms with E-state index in [1.807, 2.05) is 0 Å². The van der Waals surface area contributed by atoms with Gasteiger partial charge in [-0.05, 0) is 6.92 Å². The minimum atomic E-state index is -4.60. The number of primary amides is 1. The van der Waals surface area contributed by atoms with Crippen molar-refractivity contribution in [2.45, 2.75) is 13.1 Å². The first kappa shape index (κ1) is 10.4. The van der Waals surface area contributed by atoms with Gasteiger partial charge in [0.15, 0.2) is 0 Å². The molecule has 0 aliphatic carbocycles. The quantitative estimate of drug-likeness (QED) is 0.740. The summed E-state index contributed by atoms with van der Waals surface area (Å²) in [5.41, 5.74) is 3.19. The van der Waals surface area contributed by atoms with Crippen LogP contribution >= 0.6 is 0 Å². The maximum Gasteiger partial charge on any atom is 0.433 e. The van der Waals surface area contributed by atoms with Gasteiger partial charge in [0.05, 0.1) is 0 Å². The van der Waals surface area contributed by atoms with Gasteiger partial charge in [-0.3, -0.25) is 4.79 Å². The predicted octanol–water partition coefficient (Wildman–Crippen LogP) is 0.903. The zero-order valence-electron chi connectivity index (χ0n) is 7.09. The number of rotatable bonds is 1. The molecule has 0 saturated heterocycles. The molecule has 1 aromatic heterocycles. The number of alkyl halides is 3. The van der Waals surface area contributed by atoms with E-state index in [1.54, 1.807) is 0 Å². The number of aromatic nitrogens is 2. The Morgan fingerprint density at radius 2 is 2.00 bits per heavy atom. The van der Waals surface area contributed by atoms with Gasteiger partial charge < -0.3 is 5.73 Å². The second-order valence-corrected chi connectivity index (χ2v) is 2.55. The van der Waals surface area contributed by atoms with Crippen molar-refractivity contribution in [1.29, 1.82) is 0 Å². The molecule has 0 saturated carbocycles. The van der Waals surface area contributed by atoms with Crippen LogP contribution in [0.3, 0.4) is 0 Å². The molecule has 1 heterocycles. The number of amides is 1. The molecule has 0 atom stereocenters. The van der Waals surface area contributed by atoms with E-state index in [2.05, 4.69) is 9.97 Å². The highest BCUT2D eigenvalue weighted by atomic mass is 19.4. The third-order valence-electron chi connectivity index (χ3n) is 1.38. The van der Waals surface area contributed by atoms with Crippen LogP contribution in [0.1, 0.15) is 22.0 Å². The largest absolute Gasteiger partial charge is 0.433 e. The van der Waals surface area contributed by atoms with Gasteiger partial charge in [-0.1, -0.05) is 0 Å². The van der Waals surface area contributed by atoms with Gasteiger partial charge in [0.25, 0.3) is 5.91 Å². The van der Waals surface area contributed by atoms with Crippen molar-refractivity contribution < 1.29 is 18.0 Å². The van der Waals surface area contributed by atoms with Gasteiger partial charge in [-0.15, -0.1) is 0 Å². The maximum absolute atomic E-state index is 12.2. The molecule has 1 amide bonds. The molecule has 0 spiro atoms. The first-order valence-electron chi connectivity index (χ1n) is 3.53. The van der Waals surface area contributed by atoms with Crippen molar-refractivity contribution in [3.63, 3.8) is 0 Å². The van der Waals surface area contributed by atoms with Crippen LogP contribution in [-0.4, -0.2) is 15.9 Å². The third-order valence-corrected chi connectivity index (χ3v) is 1.38. The molecule has 2 N–H and O–H groups in total. The average molecular weight is 205 g/mol. The fraction of sp³-hybridized carbons (Fsp3) is 0.286. The van der Waals surface area contributed by atoms with Crippen molar-refractivity contribution in [2.75, 3.05) is 0 Å². The average Bonchev–Trinajstić information content (AvgIpc) is 2.01. The van der Waals surface area contributed by atoms with Gasteiger partial charge in [-0.25, -0.2) is 9.97 Å². The molecule has 76 valence electrons. The lowest BCUT2D eigenvalue weighted by Crippen LogP contribution is -2.18. The predicted molar refractivity (Wildman–Crippen MR) is 40.3 cm³/mol. The Hall–Kier alpha value is -1.66. The van der Waals surface area contributed by atoms with Crippen LogP contribution in [0.15, 0.2) is 6.07 Å². The number of hydrogen-bond acceptors (Lipinski definition) is 3. The van der Waals surface area contributed by atoms with Gasteiger partial charge >= 0.3 is 6.18 Å². The van der Waals surface area contributed by atoms with Crippen LogP contribution in [0.4, 0.5) is 13.2 Å². The summed E-state index contributed by atoms with van der Waals surface area (Å²) in [6.07, 6.45) is -4.60. The van der Waals surface area contributed by atoms with E-state index in [0.717, 1.165) is 0 Å². The van der Waals surface area contributed by atoms with Crippen molar-refractivity contribution in [3.8, 4) is 0 Å². The Balaban J connectivity index is 3.28. The van der Waals surface area contributed by atoms with Crippen molar-refractivity contribution in [3.05, 3.63) is 23.3 Å². The Morgan fingerprint density at radius 1 is 1.43 bits per heavy atom. The topological polar surface area (TPSA) is 68.9 Å². The highest BCUT2D eigenvalue weighted by Crippen LogP contribution is 2.27. The number of carbonyl (C=O) groups excluding carboxylic acids is 1. The summed E-state index contributed by atoms with van der Waals surface area (Å²) < 4.78 is 36.5. The van der Waals surface area contributed by atoms with Crippen molar-refractivity contribution >= 4 is 5.91 Å². The normalized spacial score (nSPS) is 11.4. The van der Waals surface area contributed by atoms with Crippen LogP contribution in [0, 0.1) is 6.92 Å². The lowest BCUT2D eigenvalue weighted by atomic mass is 10.3. The summed E-state index contributed by atoms with van der Waals surface area (Å²) in [7, 11) is 0. The molecule has 0 aromatic carbocycles. The van der Waals surface area contributed by atoms with Gasteiger partial charge in [0.2, 0.25) is 0 Å². The lowest BCUT2D eigenvalue weighted by molar-refractivity contribution is -0.141. The number of nitrogens with two attached hydrogens (primary N) is 1. The van der Waals surface area contributed by atoms with Gasteiger partial charge in [0, 0.05) is 6.07 Å². The van der Waals surface area contributed by atoms with E-state index in [0.29, 0.717) is 6.07 Å². The molecule has 0 unspecified atom stereocenters. The molecular weight excluding hydrogens is 199 g/mol. The monoisotopic (exact) mass is 205 g/mol. The van der Waals surface area contributed by atoms with Crippen LogP contribution in [0.25, 0.3) is 0 Å². The maximum atomic E-state index is 12.2. The van der Waals surface area contributed by atoms with E-state index in [-0.39, 0.29) is 5.82 Å². The fourth-order valence-electron chi connectivity index (χ4n) is 0.839. The summed E-state index contributed by atoms with van der Waals surface area (Å²) in [5, 5.41) is 0. The smallest absolute Gasteiger partial charge is 0.364 e. The Labute approximate surface area is 77.0 Å². The second-order valence-electron chi connectivity index (χ2n) is 2.55. The molecule has 14 heavy (non-hydrogen) atoms. The van der Waals surface area contributed by atoms with E-state index >= 15 is 0 Å². The van der Waals surface area contributed by atoms with Crippen LogP contribution < -0.4 is 5.73 Å². The number of carbonyl (C=O) groups is 1. The molecule has 1 aromatic rings. The molecule has 7 heteroatoms. The van der Waals surface area contributed by atoms with Crippen LogP contribution in [0.2, 0.25) is 0 Å². The Bertz CT molecular complexity index is 375. The minimum Gasteiger partial charge on any atom is -0.364 e. The summed E-state index contributed by atoms with van der Waals surface area (Å²) in [6.45, 7) is 1.25. The summed E-state index contributed by atoms with van der Waals surface area (Å²) >= 11 is 0. The van der Waals surface area contributed by atoms with E-state index < -0.39 is 23.5 Å². The Morgan fingerprint density at radius 3 is 2.43 bits per heavy atom. The zero-order valence-corrected chi connectivity index (χ0v) is 7.09. The van der Waals surface area contributed by atoms with E-state index in [9.17, 15) is 18.0 Å². The number of hydrogen-bond donors (Lipinski definition) is 1. The van der Waals surface area contributed by atoms with Crippen LogP contribution in [0.5, 0.6) is 0 Å². The van der Waals surface area contributed by atoms with Crippen molar-refractivity contribution in [1.82, 2.24) is 9.97 Å². The molecule has 0 aliphatic rings. The van der Waals surface area contributed by atoms with Crippen molar-refractivity contribution in [2.24, 2.45) is 5.73 Å². The standard InChI is InChI=1S/C7H6F3N3O/c1-3-12-4(6(11)14)2-5(13-3)7(8,9)10/h2H,1H3,(H2,11,14). The summed E-state index contributed by atoms with van der Waals surface area (Å²) in [6, 6.07) is 0.523. The number of halogens is 3. The number of nitrogens with zero attached hydrogens (tertiary/aromatic N) is 2. The van der Waals surface area contributed by atoms with Gasteiger partial charge in [-0.2, -0.15) is 13.2 Å². The van der Waals surface area contributed by atoms with E-state index in [4.69, 9.17) is 5.73 Å². The molecular formula is C7H6F3N3O. The second kappa shape index (κ2) is 3.24. The van der Waals surface area contributed by atoms with Gasteiger partial charge in [0.1, 0.15) is 17.2 Å². The molecule has 0 fully saturated rings. The molecule has 0 bridgehead atoms. The summed E-state index contributed by atoms with van der Waals surface area (Å²) in [5.74, 6) is -1.16. The first-order chi connectivity index (χ1) is 6.30. The highest BCUT2D eigenvalue weighted by molar-refractivity contribution is 5.90. The fourth-order valence-corrected chi connectivity index (χ4v) is 0.839.